The predicted molar refractivity (Wildman–Crippen MR) is 82.9 cm³/mol. The van der Waals surface area contributed by atoms with Gasteiger partial charge in [0.1, 0.15) is 0 Å². The van der Waals surface area contributed by atoms with Crippen LogP contribution in [0, 0.1) is 13.8 Å². The number of hydrogen-bond donors (Lipinski definition) is 2. The van der Waals surface area contributed by atoms with E-state index >= 15 is 0 Å². The zero-order chi connectivity index (χ0) is 13.9. The van der Waals surface area contributed by atoms with E-state index < -0.39 is 0 Å². The summed E-state index contributed by atoms with van der Waals surface area (Å²) in [5, 5.41) is 4.55. The Morgan fingerprint density at radius 2 is 2.00 bits per heavy atom. The lowest BCUT2D eigenvalue weighted by Gasteiger charge is -2.06. The Labute approximate surface area is 121 Å². The summed E-state index contributed by atoms with van der Waals surface area (Å²) in [7, 11) is 0. The molecule has 0 bridgehead atoms. The maximum atomic E-state index is 4.44. The third-order valence-corrected chi connectivity index (χ3v) is 4.22. The van der Waals surface area contributed by atoms with Gasteiger partial charge in [-0.2, -0.15) is 0 Å². The van der Waals surface area contributed by atoms with E-state index in [0.717, 1.165) is 34.2 Å². The first-order valence-electron chi connectivity index (χ1n) is 6.48. The number of benzene rings is 1. The van der Waals surface area contributed by atoms with E-state index in [0.29, 0.717) is 0 Å². The van der Waals surface area contributed by atoms with Crippen molar-refractivity contribution in [3.05, 3.63) is 52.4 Å². The summed E-state index contributed by atoms with van der Waals surface area (Å²) in [4.78, 5) is 12.9. The highest BCUT2D eigenvalue weighted by Gasteiger charge is 2.04. The van der Waals surface area contributed by atoms with Gasteiger partial charge in [-0.15, -0.1) is 11.3 Å². The third kappa shape index (κ3) is 2.72. The van der Waals surface area contributed by atoms with Gasteiger partial charge in [-0.05, 0) is 31.5 Å². The van der Waals surface area contributed by atoms with Crippen molar-refractivity contribution in [2.75, 3.05) is 5.32 Å². The molecule has 3 rings (SSSR count). The summed E-state index contributed by atoms with van der Waals surface area (Å²) in [5.41, 5.74) is 4.40. The maximum absolute atomic E-state index is 4.44. The number of hydrogen-bond acceptors (Lipinski definition) is 4. The van der Waals surface area contributed by atoms with Gasteiger partial charge in [0.2, 0.25) is 0 Å². The fraction of sp³-hybridized carbons (Fsp3) is 0.200. The maximum Gasteiger partial charge on any atom is 0.0924 e. The van der Waals surface area contributed by atoms with Crippen molar-refractivity contribution in [2.45, 2.75) is 20.4 Å². The molecule has 5 heteroatoms. The minimum absolute atomic E-state index is 0.820. The molecule has 0 fully saturated rings. The lowest BCUT2D eigenvalue weighted by molar-refractivity contribution is 1.11. The van der Waals surface area contributed by atoms with E-state index in [4.69, 9.17) is 0 Å². The number of thiazole rings is 1. The van der Waals surface area contributed by atoms with Crippen LogP contribution in [0.1, 0.15) is 15.6 Å². The molecule has 0 aliphatic rings. The molecule has 2 heterocycles. The van der Waals surface area contributed by atoms with Gasteiger partial charge in [0.25, 0.3) is 0 Å². The van der Waals surface area contributed by atoms with Crippen LogP contribution in [0.4, 0.5) is 5.69 Å². The fourth-order valence-electron chi connectivity index (χ4n) is 2.10. The average molecular weight is 284 g/mol. The molecule has 0 unspecified atom stereocenters. The lowest BCUT2D eigenvalue weighted by Crippen LogP contribution is -1.98. The first-order chi connectivity index (χ1) is 9.72. The zero-order valence-corrected chi connectivity index (χ0v) is 12.3. The fourth-order valence-corrected chi connectivity index (χ4v) is 2.98. The van der Waals surface area contributed by atoms with Crippen molar-refractivity contribution in [2.24, 2.45) is 0 Å². The minimum atomic E-state index is 0.820. The van der Waals surface area contributed by atoms with E-state index in [1.54, 1.807) is 17.7 Å². The second kappa shape index (κ2) is 5.46. The Balaban J connectivity index is 1.68. The Bertz CT molecular complexity index is 683. The van der Waals surface area contributed by atoms with Crippen molar-refractivity contribution < 1.29 is 0 Å². The number of aryl methyl sites for hydroxylation is 2. The molecule has 102 valence electrons. The first kappa shape index (κ1) is 12.9. The van der Waals surface area contributed by atoms with Crippen molar-refractivity contribution in [1.82, 2.24) is 15.0 Å². The van der Waals surface area contributed by atoms with Crippen LogP contribution in [0.15, 0.2) is 36.8 Å². The second-order valence-corrected chi connectivity index (χ2v) is 5.93. The highest BCUT2D eigenvalue weighted by Crippen LogP contribution is 2.21. The molecule has 0 spiro atoms. The number of aromatic nitrogens is 3. The van der Waals surface area contributed by atoms with Crippen LogP contribution >= 0.6 is 11.3 Å². The van der Waals surface area contributed by atoms with Gasteiger partial charge in [-0.25, -0.2) is 9.97 Å². The van der Waals surface area contributed by atoms with Crippen LogP contribution < -0.4 is 5.32 Å². The summed E-state index contributed by atoms with van der Waals surface area (Å²) in [6.07, 6.45) is 3.52. The quantitative estimate of drug-likeness (QED) is 0.767. The molecule has 0 radical (unpaired) electrons. The molecule has 0 aliphatic carbocycles. The topological polar surface area (TPSA) is 53.6 Å². The number of nitrogens with zero attached hydrogens (tertiary/aromatic N) is 2. The molecular weight excluding hydrogens is 268 g/mol. The summed E-state index contributed by atoms with van der Waals surface area (Å²) in [5.74, 6) is 0. The zero-order valence-electron chi connectivity index (χ0n) is 11.5. The molecule has 20 heavy (non-hydrogen) atoms. The second-order valence-electron chi connectivity index (χ2n) is 4.64. The van der Waals surface area contributed by atoms with Crippen LogP contribution in [-0.4, -0.2) is 15.0 Å². The largest absolute Gasteiger partial charge is 0.380 e. The van der Waals surface area contributed by atoms with Crippen LogP contribution in [0.5, 0.6) is 0 Å². The minimum Gasteiger partial charge on any atom is -0.380 e. The van der Waals surface area contributed by atoms with Crippen LogP contribution in [0.3, 0.4) is 0 Å². The molecule has 2 N–H and O–H groups in total. The highest BCUT2D eigenvalue weighted by atomic mass is 32.1. The Hall–Kier alpha value is -2.14. The SMILES string of the molecule is Cc1nc(C)c(CNc2ccc(-c3cnc[nH]3)cc2)s1. The van der Waals surface area contributed by atoms with Gasteiger partial charge in [0, 0.05) is 10.6 Å². The monoisotopic (exact) mass is 284 g/mol. The van der Waals surface area contributed by atoms with Gasteiger partial charge in [0.05, 0.1) is 35.5 Å². The number of anilines is 1. The number of nitrogens with one attached hydrogen (secondary N) is 2. The van der Waals surface area contributed by atoms with E-state index in [1.807, 2.05) is 13.1 Å². The summed E-state index contributed by atoms with van der Waals surface area (Å²) in [6, 6.07) is 8.33. The van der Waals surface area contributed by atoms with Gasteiger partial charge in [-0.1, -0.05) is 12.1 Å². The third-order valence-electron chi connectivity index (χ3n) is 3.15. The first-order valence-corrected chi connectivity index (χ1v) is 7.29. The Kier molecular flexibility index (Phi) is 3.52. The molecule has 1 aromatic carbocycles. The summed E-state index contributed by atoms with van der Waals surface area (Å²) >= 11 is 1.75. The van der Waals surface area contributed by atoms with Crippen molar-refractivity contribution in [3.8, 4) is 11.3 Å². The van der Waals surface area contributed by atoms with Crippen LogP contribution in [-0.2, 0) is 6.54 Å². The predicted octanol–water partition coefficient (Wildman–Crippen LogP) is 3.76. The Morgan fingerprint density at radius 1 is 1.20 bits per heavy atom. The normalized spacial score (nSPS) is 10.7. The highest BCUT2D eigenvalue weighted by molar-refractivity contribution is 7.11. The number of imidazole rings is 1. The van der Waals surface area contributed by atoms with E-state index in [9.17, 15) is 0 Å². The van der Waals surface area contributed by atoms with Crippen LogP contribution in [0.2, 0.25) is 0 Å². The van der Waals surface area contributed by atoms with E-state index in [1.165, 1.54) is 4.88 Å². The Morgan fingerprint density at radius 3 is 2.60 bits per heavy atom. The standard InChI is InChI=1S/C15H16N4S/c1-10-15(20-11(2)19-10)8-17-13-5-3-12(4-6-13)14-7-16-9-18-14/h3-7,9,17H,8H2,1-2H3,(H,16,18). The van der Waals surface area contributed by atoms with Crippen LogP contribution in [0.25, 0.3) is 11.3 Å². The van der Waals surface area contributed by atoms with Crippen molar-refractivity contribution in [3.63, 3.8) is 0 Å². The summed E-state index contributed by atoms with van der Waals surface area (Å²) < 4.78 is 0. The van der Waals surface area contributed by atoms with E-state index in [2.05, 4.69) is 51.5 Å². The molecule has 3 aromatic rings. The number of aromatic amines is 1. The van der Waals surface area contributed by atoms with Gasteiger partial charge >= 0.3 is 0 Å². The van der Waals surface area contributed by atoms with Crippen molar-refractivity contribution in [1.29, 1.82) is 0 Å². The molecule has 0 saturated carbocycles. The summed E-state index contributed by atoms with van der Waals surface area (Å²) in [6.45, 7) is 4.92. The van der Waals surface area contributed by atoms with Gasteiger partial charge in [0.15, 0.2) is 0 Å². The lowest BCUT2D eigenvalue weighted by atomic mass is 10.1. The molecule has 0 aliphatic heterocycles. The molecule has 4 nitrogen and oxygen atoms in total. The molecule has 2 aromatic heterocycles. The van der Waals surface area contributed by atoms with Gasteiger partial charge in [-0.3, -0.25) is 0 Å². The smallest absolute Gasteiger partial charge is 0.0924 e. The molecule has 0 saturated heterocycles. The molecular formula is C15H16N4S. The number of rotatable bonds is 4. The molecule has 0 atom stereocenters. The molecule has 0 amide bonds. The number of H-pyrrole nitrogens is 1. The average Bonchev–Trinajstić information content (AvgIpc) is 3.07. The van der Waals surface area contributed by atoms with Gasteiger partial charge < -0.3 is 10.3 Å². The van der Waals surface area contributed by atoms with Crippen molar-refractivity contribution >= 4 is 17.0 Å². The van der Waals surface area contributed by atoms with E-state index in [-0.39, 0.29) is 0 Å².